The molecule has 2 aliphatic heterocycles. The van der Waals surface area contributed by atoms with Gasteiger partial charge in [-0.15, -0.1) is 12.4 Å². The summed E-state index contributed by atoms with van der Waals surface area (Å²) in [6, 6.07) is 0. The lowest BCUT2D eigenvalue weighted by Crippen LogP contribution is -2.54. The van der Waals surface area contributed by atoms with Gasteiger partial charge in [0.25, 0.3) is 0 Å². The highest BCUT2D eigenvalue weighted by atomic mass is 35.5. The maximum Gasteiger partial charge on any atom is 0.116 e. The molecule has 0 aromatic carbocycles. The van der Waals surface area contributed by atoms with E-state index in [0.717, 1.165) is 32.0 Å². The average Bonchev–Trinajstić information content (AvgIpc) is 2.24. The molecule has 3 nitrogen and oxygen atoms in total. The molecule has 2 saturated heterocycles. The number of hydrogen-bond donors (Lipinski definition) is 2. The van der Waals surface area contributed by atoms with E-state index in [1.807, 2.05) is 0 Å². The molecule has 0 radical (unpaired) electrons. The summed E-state index contributed by atoms with van der Waals surface area (Å²) in [6.45, 7) is 8.79. The van der Waals surface area contributed by atoms with Crippen LogP contribution in [0.25, 0.3) is 0 Å². The van der Waals surface area contributed by atoms with Crippen LogP contribution in [0.5, 0.6) is 0 Å². The molecule has 0 saturated carbocycles. The second-order valence-corrected chi connectivity index (χ2v) is 5.44. The molecule has 3 atom stereocenters. The number of halogens is 1. The van der Waals surface area contributed by atoms with Crippen molar-refractivity contribution in [1.29, 1.82) is 0 Å². The summed E-state index contributed by atoms with van der Waals surface area (Å²) in [5.41, 5.74) is -0.0732. The van der Waals surface area contributed by atoms with E-state index in [1.165, 1.54) is 19.4 Å². The minimum Gasteiger partial charge on any atom is -0.361 e. The Morgan fingerprint density at radius 1 is 1.38 bits per heavy atom. The molecule has 2 aliphatic rings. The van der Waals surface area contributed by atoms with E-state index in [9.17, 15) is 0 Å². The summed E-state index contributed by atoms with van der Waals surface area (Å²) < 4.78 is 5.94. The summed E-state index contributed by atoms with van der Waals surface area (Å²) in [5, 5.41) is 7.01. The number of rotatable bonds is 2. The molecule has 0 amide bonds. The lowest BCUT2D eigenvalue weighted by molar-refractivity contribution is -0.114. The Balaban J connectivity index is 0.00000128. The molecule has 0 bridgehead atoms. The quantitative estimate of drug-likeness (QED) is 0.782. The zero-order chi connectivity index (χ0) is 10.7. The smallest absolute Gasteiger partial charge is 0.116 e. The van der Waals surface area contributed by atoms with Crippen molar-refractivity contribution in [1.82, 2.24) is 10.6 Å². The van der Waals surface area contributed by atoms with E-state index in [1.54, 1.807) is 0 Å². The zero-order valence-electron chi connectivity index (χ0n) is 10.4. The molecule has 2 fully saturated rings. The topological polar surface area (TPSA) is 33.3 Å². The van der Waals surface area contributed by atoms with E-state index >= 15 is 0 Å². The third kappa shape index (κ3) is 3.88. The van der Waals surface area contributed by atoms with Crippen LogP contribution >= 0.6 is 12.4 Å². The predicted molar refractivity (Wildman–Crippen MR) is 69.0 cm³/mol. The van der Waals surface area contributed by atoms with Gasteiger partial charge in [-0.3, -0.25) is 5.32 Å². The van der Waals surface area contributed by atoms with Crippen LogP contribution in [0, 0.1) is 11.8 Å². The molecule has 4 heteroatoms. The van der Waals surface area contributed by atoms with Gasteiger partial charge in [-0.25, -0.2) is 0 Å². The monoisotopic (exact) mass is 248 g/mol. The molecule has 3 unspecified atom stereocenters. The van der Waals surface area contributed by atoms with Gasteiger partial charge >= 0.3 is 0 Å². The Morgan fingerprint density at radius 3 is 2.75 bits per heavy atom. The highest BCUT2D eigenvalue weighted by molar-refractivity contribution is 5.85. The molecule has 0 aromatic heterocycles. The third-order valence-corrected chi connectivity index (χ3v) is 3.59. The first kappa shape index (κ1) is 14.2. The van der Waals surface area contributed by atoms with Crippen LogP contribution < -0.4 is 10.6 Å². The van der Waals surface area contributed by atoms with Crippen molar-refractivity contribution in [3.05, 3.63) is 0 Å². The van der Waals surface area contributed by atoms with Crippen LogP contribution in [0.3, 0.4) is 0 Å². The van der Waals surface area contributed by atoms with Crippen molar-refractivity contribution in [2.24, 2.45) is 11.8 Å². The molecule has 2 N–H and O–H groups in total. The highest BCUT2D eigenvalue weighted by Gasteiger charge is 2.32. The fourth-order valence-electron chi connectivity index (χ4n) is 2.61. The maximum atomic E-state index is 5.94. The van der Waals surface area contributed by atoms with Crippen LogP contribution in [0.2, 0.25) is 0 Å². The van der Waals surface area contributed by atoms with Gasteiger partial charge in [0.1, 0.15) is 5.72 Å². The Kier molecular flexibility index (Phi) is 5.51. The van der Waals surface area contributed by atoms with E-state index in [-0.39, 0.29) is 18.1 Å². The molecular formula is C12H25ClN2O. The lowest BCUT2D eigenvalue weighted by atomic mass is 9.90. The van der Waals surface area contributed by atoms with E-state index in [2.05, 4.69) is 24.5 Å². The molecule has 2 heterocycles. The first-order valence-electron chi connectivity index (χ1n) is 6.28. The van der Waals surface area contributed by atoms with Crippen LogP contribution in [-0.4, -0.2) is 32.0 Å². The Labute approximate surface area is 105 Å². The normalized spacial score (nSPS) is 40.1. The van der Waals surface area contributed by atoms with Gasteiger partial charge in [-0.2, -0.15) is 0 Å². The second kappa shape index (κ2) is 6.20. The first-order valence-corrected chi connectivity index (χ1v) is 6.28. The SMILES string of the molecule is CC1CNC(C)(CC2CCCNC2)OC1.Cl. The maximum absolute atomic E-state index is 5.94. The first-order chi connectivity index (χ1) is 7.18. The van der Waals surface area contributed by atoms with Gasteiger partial charge in [0.15, 0.2) is 0 Å². The fourth-order valence-corrected chi connectivity index (χ4v) is 2.61. The minimum atomic E-state index is -0.0732. The van der Waals surface area contributed by atoms with Crippen molar-refractivity contribution in [3.8, 4) is 0 Å². The van der Waals surface area contributed by atoms with Gasteiger partial charge in [0, 0.05) is 6.54 Å². The minimum absolute atomic E-state index is 0. The number of nitrogens with one attached hydrogen (secondary N) is 2. The van der Waals surface area contributed by atoms with Crippen molar-refractivity contribution in [2.75, 3.05) is 26.2 Å². The molecule has 0 spiro atoms. The van der Waals surface area contributed by atoms with Crippen LogP contribution in [-0.2, 0) is 4.74 Å². The van der Waals surface area contributed by atoms with Crippen molar-refractivity contribution in [2.45, 2.75) is 38.8 Å². The molecule has 96 valence electrons. The zero-order valence-corrected chi connectivity index (χ0v) is 11.2. The van der Waals surface area contributed by atoms with Crippen molar-refractivity contribution >= 4 is 12.4 Å². The molecule has 0 aliphatic carbocycles. The van der Waals surface area contributed by atoms with Crippen LogP contribution in [0.15, 0.2) is 0 Å². The number of ether oxygens (including phenoxy) is 1. The summed E-state index contributed by atoms with van der Waals surface area (Å²) in [6.07, 6.45) is 3.81. The van der Waals surface area contributed by atoms with Crippen molar-refractivity contribution < 1.29 is 4.74 Å². The highest BCUT2D eigenvalue weighted by Crippen LogP contribution is 2.26. The summed E-state index contributed by atoms with van der Waals surface area (Å²) in [7, 11) is 0. The van der Waals surface area contributed by atoms with Crippen LogP contribution in [0.4, 0.5) is 0 Å². The molecule has 16 heavy (non-hydrogen) atoms. The lowest BCUT2D eigenvalue weighted by Gasteiger charge is -2.40. The standard InChI is InChI=1S/C12H24N2O.ClH/c1-10-7-14-12(2,15-9-10)6-11-4-3-5-13-8-11;/h10-11,13-14H,3-9H2,1-2H3;1H. The largest absolute Gasteiger partial charge is 0.361 e. The molecule has 2 rings (SSSR count). The van der Waals surface area contributed by atoms with Gasteiger partial charge in [-0.1, -0.05) is 6.92 Å². The Bertz CT molecular complexity index is 199. The van der Waals surface area contributed by atoms with E-state index in [0.29, 0.717) is 5.92 Å². The van der Waals surface area contributed by atoms with Gasteiger partial charge in [0.2, 0.25) is 0 Å². The average molecular weight is 249 g/mol. The summed E-state index contributed by atoms with van der Waals surface area (Å²) in [5.74, 6) is 1.44. The molecule has 0 aromatic rings. The number of piperidine rings is 1. The summed E-state index contributed by atoms with van der Waals surface area (Å²) >= 11 is 0. The Morgan fingerprint density at radius 2 is 2.19 bits per heavy atom. The summed E-state index contributed by atoms with van der Waals surface area (Å²) in [4.78, 5) is 0. The predicted octanol–water partition coefficient (Wildman–Crippen LogP) is 1.77. The van der Waals surface area contributed by atoms with E-state index in [4.69, 9.17) is 4.74 Å². The van der Waals surface area contributed by atoms with Crippen LogP contribution in [0.1, 0.15) is 33.1 Å². The number of hydrogen-bond acceptors (Lipinski definition) is 3. The Hall–Kier alpha value is 0.170. The fraction of sp³-hybridized carbons (Fsp3) is 1.00. The third-order valence-electron chi connectivity index (χ3n) is 3.59. The van der Waals surface area contributed by atoms with Gasteiger partial charge < -0.3 is 10.1 Å². The van der Waals surface area contributed by atoms with Crippen molar-refractivity contribution in [3.63, 3.8) is 0 Å². The molecular weight excluding hydrogens is 224 g/mol. The second-order valence-electron chi connectivity index (χ2n) is 5.44. The van der Waals surface area contributed by atoms with Gasteiger partial charge in [0.05, 0.1) is 6.61 Å². The van der Waals surface area contributed by atoms with Gasteiger partial charge in [-0.05, 0) is 51.1 Å². The van der Waals surface area contributed by atoms with E-state index < -0.39 is 0 Å².